The van der Waals surface area contributed by atoms with Gasteiger partial charge in [0.1, 0.15) is 17.5 Å². The lowest BCUT2D eigenvalue weighted by Crippen LogP contribution is -2.39. The highest BCUT2D eigenvalue weighted by atomic mass is 19.1. The number of amides is 1. The second-order valence-corrected chi connectivity index (χ2v) is 7.40. The number of halogens is 1. The maximum atomic E-state index is 14.0. The number of fused-ring (bicyclic) bond motifs is 2. The van der Waals surface area contributed by atoms with Gasteiger partial charge >= 0.3 is 0 Å². The number of carbonyl (C=O) groups is 1. The number of pyridine rings is 1. The van der Waals surface area contributed by atoms with Crippen molar-refractivity contribution in [2.75, 3.05) is 19.6 Å². The molecule has 3 aromatic rings. The zero-order valence-electron chi connectivity index (χ0n) is 15.4. The van der Waals surface area contributed by atoms with E-state index in [9.17, 15) is 9.18 Å². The fraction of sp³-hybridized carbons (Fsp3) is 0.400. The fourth-order valence-corrected chi connectivity index (χ4v) is 4.25. The average Bonchev–Trinajstić information content (AvgIpc) is 3.17. The second kappa shape index (κ2) is 6.94. The Labute approximate surface area is 161 Å². The van der Waals surface area contributed by atoms with E-state index in [2.05, 4.69) is 25.1 Å². The van der Waals surface area contributed by atoms with Crippen molar-refractivity contribution in [2.24, 2.45) is 0 Å². The monoisotopic (exact) mass is 380 g/mol. The van der Waals surface area contributed by atoms with E-state index in [1.807, 2.05) is 0 Å². The van der Waals surface area contributed by atoms with Crippen LogP contribution in [0.15, 0.2) is 30.5 Å². The van der Waals surface area contributed by atoms with Gasteiger partial charge in [-0.3, -0.25) is 9.78 Å². The Morgan fingerprint density at radius 3 is 2.89 bits per heavy atom. The van der Waals surface area contributed by atoms with Crippen LogP contribution in [0, 0.1) is 5.82 Å². The van der Waals surface area contributed by atoms with Crippen LogP contribution in [0.1, 0.15) is 40.8 Å². The number of hydrogen-bond acceptors (Lipinski definition) is 5. The number of aromatic nitrogens is 4. The lowest BCUT2D eigenvalue weighted by molar-refractivity contribution is 0.0711. The summed E-state index contributed by atoms with van der Waals surface area (Å²) in [6.45, 7) is 3.81. The van der Waals surface area contributed by atoms with Crippen molar-refractivity contribution in [1.29, 1.82) is 0 Å². The summed E-state index contributed by atoms with van der Waals surface area (Å²) < 4.78 is 16.2. The van der Waals surface area contributed by atoms with Crippen LogP contribution in [0.3, 0.4) is 0 Å². The summed E-state index contributed by atoms with van der Waals surface area (Å²) in [5, 5.41) is 12.7. The first-order valence-corrected chi connectivity index (χ1v) is 9.67. The number of benzene rings is 1. The summed E-state index contributed by atoms with van der Waals surface area (Å²) in [5.41, 5.74) is 0.884. The average molecular weight is 380 g/mol. The molecule has 1 saturated heterocycles. The van der Waals surface area contributed by atoms with E-state index in [4.69, 9.17) is 0 Å². The van der Waals surface area contributed by atoms with Gasteiger partial charge in [0, 0.05) is 43.7 Å². The molecule has 0 radical (unpaired) electrons. The van der Waals surface area contributed by atoms with Crippen molar-refractivity contribution in [1.82, 2.24) is 30.0 Å². The van der Waals surface area contributed by atoms with Gasteiger partial charge in [0.15, 0.2) is 0 Å². The van der Waals surface area contributed by atoms with E-state index in [-0.39, 0.29) is 5.91 Å². The summed E-state index contributed by atoms with van der Waals surface area (Å²) in [6.07, 6.45) is 3.29. The van der Waals surface area contributed by atoms with Crippen molar-refractivity contribution < 1.29 is 9.18 Å². The molecule has 2 aliphatic heterocycles. The normalized spacial score (nSPS) is 17.7. The van der Waals surface area contributed by atoms with Gasteiger partial charge in [0.05, 0.1) is 17.6 Å². The van der Waals surface area contributed by atoms with Gasteiger partial charge in [-0.25, -0.2) is 4.39 Å². The van der Waals surface area contributed by atoms with Crippen molar-refractivity contribution in [3.63, 3.8) is 0 Å². The van der Waals surface area contributed by atoms with Crippen molar-refractivity contribution in [3.8, 4) is 0 Å². The first-order chi connectivity index (χ1) is 13.7. The van der Waals surface area contributed by atoms with Gasteiger partial charge in [-0.2, -0.15) is 0 Å². The fourth-order valence-electron chi connectivity index (χ4n) is 4.25. The molecule has 0 aliphatic carbocycles. The summed E-state index contributed by atoms with van der Waals surface area (Å²) in [5.74, 6) is 1.74. The van der Waals surface area contributed by atoms with E-state index in [1.165, 1.54) is 12.1 Å². The van der Waals surface area contributed by atoms with E-state index in [0.717, 1.165) is 44.1 Å². The Morgan fingerprint density at radius 1 is 1.18 bits per heavy atom. The van der Waals surface area contributed by atoms with E-state index >= 15 is 0 Å². The highest BCUT2D eigenvalue weighted by Crippen LogP contribution is 2.29. The first-order valence-electron chi connectivity index (χ1n) is 9.67. The molecule has 8 heteroatoms. The summed E-state index contributed by atoms with van der Waals surface area (Å²) in [4.78, 5) is 19.2. The lowest BCUT2D eigenvalue weighted by Gasteiger charge is -2.32. The Balaban J connectivity index is 1.35. The standard InChI is InChI=1S/C20H21FN6O/c21-15-10-14-2-1-5-23-18(14)16(11-15)20(28)26-7-3-13(4-8-26)19-25-24-17-12-22-6-9-27(17)19/h1-2,5,10-11,13,22H,3-4,6-9,12H2. The molecule has 4 heterocycles. The molecule has 1 aromatic carbocycles. The minimum atomic E-state index is -0.414. The molecular formula is C20H21FN6O. The van der Waals surface area contributed by atoms with Crippen LogP contribution < -0.4 is 5.32 Å². The van der Waals surface area contributed by atoms with Crippen molar-refractivity contribution in [2.45, 2.75) is 31.8 Å². The van der Waals surface area contributed by atoms with Crippen LogP contribution in [0.4, 0.5) is 4.39 Å². The molecule has 0 bridgehead atoms. The van der Waals surface area contributed by atoms with Gasteiger partial charge in [-0.15, -0.1) is 10.2 Å². The number of nitrogens with zero attached hydrogens (tertiary/aromatic N) is 5. The maximum absolute atomic E-state index is 14.0. The summed E-state index contributed by atoms with van der Waals surface area (Å²) >= 11 is 0. The van der Waals surface area contributed by atoms with Gasteiger partial charge in [0.25, 0.3) is 5.91 Å². The van der Waals surface area contributed by atoms with Crippen molar-refractivity contribution in [3.05, 3.63) is 53.5 Å². The molecule has 1 amide bonds. The van der Waals surface area contributed by atoms with Gasteiger partial charge in [-0.05, 0) is 31.0 Å². The molecule has 2 aliphatic rings. The molecule has 1 fully saturated rings. The zero-order chi connectivity index (χ0) is 19.1. The van der Waals surface area contributed by atoms with Gasteiger partial charge in [0.2, 0.25) is 0 Å². The van der Waals surface area contributed by atoms with Crippen LogP contribution in [-0.2, 0) is 13.1 Å². The SMILES string of the molecule is O=C(c1cc(F)cc2cccnc12)N1CCC(c2nnc3n2CCNC3)CC1. The highest BCUT2D eigenvalue weighted by Gasteiger charge is 2.30. The molecule has 0 spiro atoms. The molecule has 28 heavy (non-hydrogen) atoms. The quantitative estimate of drug-likeness (QED) is 0.737. The second-order valence-electron chi connectivity index (χ2n) is 7.40. The molecule has 0 unspecified atom stereocenters. The van der Waals surface area contributed by atoms with Crippen LogP contribution in [-0.4, -0.2) is 50.2 Å². The van der Waals surface area contributed by atoms with Crippen LogP contribution in [0.2, 0.25) is 0 Å². The summed E-state index contributed by atoms with van der Waals surface area (Å²) in [7, 11) is 0. The molecule has 0 atom stereocenters. The van der Waals surface area contributed by atoms with E-state index < -0.39 is 5.82 Å². The molecule has 7 nitrogen and oxygen atoms in total. The largest absolute Gasteiger partial charge is 0.339 e. The molecule has 2 aromatic heterocycles. The molecular weight excluding hydrogens is 359 g/mol. The number of carbonyl (C=O) groups excluding carboxylic acids is 1. The van der Waals surface area contributed by atoms with Crippen LogP contribution in [0.5, 0.6) is 0 Å². The molecule has 1 N–H and O–H groups in total. The molecule has 144 valence electrons. The predicted octanol–water partition coefficient (Wildman–Crippen LogP) is 2.09. The lowest BCUT2D eigenvalue weighted by atomic mass is 9.95. The molecule has 5 rings (SSSR count). The number of nitrogens with one attached hydrogen (secondary N) is 1. The topological polar surface area (TPSA) is 75.9 Å². The van der Waals surface area contributed by atoms with E-state index in [0.29, 0.717) is 35.5 Å². The first kappa shape index (κ1) is 17.2. The number of hydrogen-bond donors (Lipinski definition) is 1. The Hall–Kier alpha value is -2.87. The minimum Gasteiger partial charge on any atom is -0.339 e. The minimum absolute atomic E-state index is 0.158. The Kier molecular flexibility index (Phi) is 4.27. The maximum Gasteiger partial charge on any atom is 0.256 e. The third-order valence-electron chi connectivity index (χ3n) is 5.70. The number of rotatable bonds is 2. The third kappa shape index (κ3) is 2.93. The highest BCUT2D eigenvalue weighted by molar-refractivity contribution is 6.05. The van der Waals surface area contributed by atoms with Gasteiger partial charge in [-0.1, -0.05) is 6.07 Å². The van der Waals surface area contributed by atoms with Gasteiger partial charge < -0.3 is 14.8 Å². The van der Waals surface area contributed by atoms with Crippen molar-refractivity contribution >= 4 is 16.8 Å². The Morgan fingerprint density at radius 2 is 2.04 bits per heavy atom. The number of piperidine rings is 1. The molecule has 0 saturated carbocycles. The van der Waals surface area contributed by atoms with Crippen LogP contribution >= 0.6 is 0 Å². The summed E-state index contributed by atoms with van der Waals surface area (Å²) in [6, 6.07) is 6.23. The Bertz CT molecular complexity index is 1040. The van der Waals surface area contributed by atoms with E-state index in [1.54, 1.807) is 23.2 Å². The predicted molar refractivity (Wildman–Crippen MR) is 101 cm³/mol. The van der Waals surface area contributed by atoms with Crippen LogP contribution in [0.25, 0.3) is 10.9 Å². The zero-order valence-corrected chi connectivity index (χ0v) is 15.4. The number of likely N-dealkylation sites (tertiary alicyclic amines) is 1. The third-order valence-corrected chi connectivity index (χ3v) is 5.70. The smallest absolute Gasteiger partial charge is 0.256 e.